The minimum atomic E-state index is -0.281. The average molecular weight is 240 g/mol. The summed E-state index contributed by atoms with van der Waals surface area (Å²) in [5.74, 6) is 0.593. The molecule has 1 aromatic rings. The van der Waals surface area contributed by atoms with Gasteiger partial charge in [0.15, 0.2) is 0 Å². The van der Waals surface area contributed by atoms with E-state index < -0.39 is 0 Å². The van der Waals surface area contributed by atoms with Gasteiger partial charge in [0.2, 0.25) is 0 Å². The number of hydrogen-bond donors (Lipinski definition) is 1. The predicted octanol–water partition coefficient (Wildman–Crippen LogP) is 4.52. The molecule has 16 heavy (non-hydrogen) atoms. The van der Waals surface area contributed by atoms with Crippen LogP contribution in [0.3, 0.4) is 0 Å². The van der Waals surface area contributed by atoms with Crippen LogP contribution < -0.4 is 0 Å². The monoisotopic (exact) mass is 240 g/mol. The average Bonchev–Trinajstić information content (AvgIpc) is 2.65. The molecule has 0 saturated carbocycles. The largest absolute Gasteiger partial charge is 0.388 e. The molecule has 92 valence electrons. The van der Waals surface area contributed by atoms with Crippen molar-refractivity contribution in [2.45, 2.75) is 59.0 Å². The van der Waals surface area contributed by atoms with Crippen molar-refractivity contribution in [3.05, 3.63) is 21.9 Å². The fraction of sp³-hybridized carbons (Fsp3) is 0.714. The maximum atomic E-state index is 10.1. The second-order valence-corrected chi connectivity index (χ2v) is 6.83. The van der Waals surface area contributed by atoms with E-state index in [1.54, 1.807) is 11.3 Å². The fourth-order valence-corrected chi connectivity index (χ4v) is 2.66. The molecule has 2 atom stereocenters. The molecule has 0 aromatic carbocycles. The van der Waals surface area contributed by atoms with Crippen LogP contribution >= 0.6 is 11.3 Å². The first-order valence-corrected chi connectivity index (χ1v) is 6.94. The van der Waals surface area contributed by atoms with Crippen LogP contribution in [0.25, 0.3) is 0 Å². The fourth-order valence-electron chi connectivity index (χ4n) is 1.60. The Balaban J connectivity index is 2.71. The third-order valence-electron chi connectivity index (χ3n) is 3.02. The summed E-state index contributed by atoms with van der Waals surface area (Å²) < 4.78 is 0. The van der Waals surface area contributed by atoms with E-state index in [1.165, 1.54) is 4.88 Å². The number of thiophene rings is 1. The summed E-state index contributed by atoms with van der Waals surface area (Å²) in [6.45, 7) is 11.0. The maximum Gasteiger partial charge on any atom is 0.0884 e. The van der Waals surface area contributed by atoms with Gasteiger partial charge in [0.1, 0.15) is 0 Å². The highest BCUT2D eigenvalue weighted by Crippen LogP contribution is 2.34. The standard InChI is InChI=1S/C14H24OS/c1-6-10(2)9-11(15)12-7-8-13(16-12)14(3,4)5/h7-8,10-11,15H,6,9H2,1-5H3. The maximum absolute atomic E-state index is 10.1. The first-order chi connectivity index (χ1) is 7.34. The zero-order valence-electron chi connectivity index (χ0n) is 11.1. The van der Waals surface area contributed by atoms with Gasteiger partial charge in [-0.2, -0.15) is 0 Å². The van der Waals surface area contributed by atoms with E-state index in [1.807, 2.05) is 0 Å². The van der Waals surface area contributed by atoms with Gasteiger partial charge in [-0.25, -0.2) is 0 Å². The van der Waals surface area contributed by atoms with Crippen molar-refractivity contribution in [3.8, 4) is 0 Å². The molecule has 0 saturated heterocycles. The molecule has 0 fully saturated rings. The molecule has 0 amide bonds. The number of aliphatic hydroxyl groups excluding tert-OH is 1. The summed E-state index contributed by atoms with van der Waals surface area (Å²) >= 11 is 1.75. The minimum Gasteiger partial charge on any atom is -0.388 e. The Bertz CT molecular complexity index is 322. The van der Waals surface area contributed by atoms with Crippen molar-refractivity contribution in [1.82, 2.24) is 0 Å². The van der Waals surface area contributed by atoms with Gasteiger partial charge < -0.3 is 5.11 Å². The van der Waals surface area contributed by atoms with Crippen molar-refractivity contribution in [2.24, 2.45) is 5.92 Å². The molecule has 2 heteroatoms. The molecule has 1 nitrogen and oxygen atoms in total. The van der Waals surface area contributed by atoms with Gasteiger partial charge in [0.05, 0.1) is 6.10 Å². The summed E-state index contributed by atoms with van der Waals surface area (Å²) in [4.78, 5) is 2.47. The summed E-state index contributed by atoms with van der Waals surface area (Å²) in [6.07, 6.45) is 1.73. The van der Waals surface area contributed by atoms with Crippen molar-refractivity contribution in [3.63, 3.8) is 0 Å². The smallest absolute Gasteiger partial charge is 0.0884 e. The van der Waals surface area contributed by atoms with E-state index in [0.717, 1.165) is 17.7 Å². The quantitative estimate of drug-likeness (QED) is 0.820. The van der Waals surface area contributed by atoms with E-state index in [0.29, 0.717) is 5.92 Å². The Kier molecular flexibility index (Phi) is 4.57. The molecular weight excluding hydrogens is 216 g/mol. The summed E-state index contributed by atoms with van der Waals surface area (Å²) in [6, 6.07) is 4.23. The first-order valence-electron chi connectivity index (χ1n) is 6.13. The van der Waals surface area contributed by atoms with Gasteiger partial charge in [-0.15, -0.1) is 11.3 Å². The van der Waals surface area contributed by atoms with Crippen molar-refractivity contribution >= 4 is 11.3 Å². The molecular formula is C14H24OS. The number of aliphatic hydroxyl groups is 1. The van der Waals surface area contributed by atoms with Gasteiger partial charge >= 0.3 is 0 Å². The van der Waals surface area contributed by atoms with Crippen LogP contribution in [0.4, 0.5) is 0 Å². The molecule has 0 radical (unpaired) electrons. The third kappa shape index (κ3) is 3.60. The molecule has 1 rings (SSSR count). The summed E-state index contributed by atoms with van der Waals surface area (Å²) in [5, 5.41) is 10.1. The molecule has 0 aliphatic heterocycles. The topological polar surface area (TPSA) is 20.2 Å². The van der Waals surface area contributed by atoms with Crippen LogP contribution in [0.15, 0.2) is 12.1 Å². The van der Waals surface area contributed by atoms with Crippen LogP contribution in [-0.4, -0.2) is 5.11 Å². The lowest BCUT2D eigenvalue weighted by atomic mass is 9.95. The Hall–Kier alpha value is -0.340. The lowest BCUT2D eigenvalue weighted by Gasteiger charge is -2.16. The Morgan fingerprint density at radius 1 is 1.31 bits per heavy atom. The lowest BCUT2D eigenvalue weighted by molar-refractivity contribution is 0.150. The van der Waals surface area contributed by atoms with Gasteiger partial charge in [0, 0.05) is 9.75 Å². The molecule has 1 aromatic heterocycles. The molecule has 0 spiro atoms. The third-order valence-corrected chi connectivity index (χ3v) is 4.63. The lowest BCUT2D eigenvalue weighted by Crippen LogP contribution is -2.08. The Morgan fingerprint density at radius 2 is 1.94 bits per heavy atom. The van der Waals surface area contributed by atoms with Crippen molar-refractivity contribution in [2.75, 3.05) is 0 Å². The number of hydrogen-bond acceptors (Lipinski definition) is 2. The highest BCUT2D eigenvalue weighted by atomic mass is 32.1. The molecule has 0 bridgehead atoms. The van der Waals surface area contributed by atoms with E-state index in [-0.39, 0.29) is 11.5 Å². The second-order valence-electron chi connectivity index (χ2n) is 5.72. The Labute approximate surface area is 104 Å². The first kappa shape index (κ1) is 13.7. The van der Waals surface area contributed by atoms with E-state index >= 15 is 0 Å². The molecule has 0 aliphatic carbocycles. The summed E-state index contributed by atoms with van der Waals surface area (Å²) in [5.41, 5.74) is 0.193. The van der Waals surface area contributed by atoms with Crippen LogP contribution in [-0.2, 0) is 5.41 Å². The predicted molar refractivity (Wildman–Crippen MR) is 72.1 cm³/mol. The minimum absolute atomic E-state index is 0.193. The highest BCUT2D eigenvalue weighted by molar-refractivity contribution is 7.12. The van der Waals surface area contributed by atoms with E-state index in [9.17, 15) is 5.11 Å². The molecule has 1 N–H and O–H groups in total. The zero-order chi connectivity index (χ0) is 12.3. The Morgan fingerprint density at radius 3 is 2.38 bits per heavy atom. The SMILES string of the molecule is CCC(C)CC(O)c1ccc(C(C)(C)C)s1. The van der Waals surface area contributed by atoms with Gasteiger partial charge in [-0.05, 0) is 29.9 Å². The second kappa shape index (κ2) is 5.33. The molecule has 2 unspecified atom stereocenters. The van der Waals surface area contributed by atoms with Crippen molar-refractivity contribution < 1.29 is 5.11 Å². The summed E-state index contributed by atoms with van der Waals surface area (Å²) in [7, 11) is 0. The van der Waals surface area contributed by atoms with Gasteiger partial charge in [-0.1, -0.05) is 41.0 Å². The van der Waals surface area contributed by atoms with Crippen LogP contribution in [0.1, 0.15) is 63.3 Å². The van der Waals surface area contributed by atoms with E-state index in [2.05, 4.69) is 46.8 Å². The highest BCUT2D eigenvalue weighted by Gasteiger charge is 2.19. The van der Waals surface area contributed by atoms with Gasteiger partial charge in [-0.3, -0.25) is 0 Å². The van der Waals surface area contributed by atoms with Gasteiger partial charge in [0.25, 0.3) is 0 Å². The molecule has 0 aliphatic rings. The molecule has 1 heterocycles. The van der Waals surface area contributed by atoms with Crippen LogP contribution in [0.2, 0.25) is 0 Å². The zero-order valence-corrected chi connectivity index (χ0v) is 11.9. The van der Waals surface area contributed by atoms with Crippen LogP contribution in [0, 0.1) is 5.92 Å². The van der Waals surface area contributed by atoms with Crippen LogP contribution in [0.5, 0.6) is 0 Å². The van der Waals surface area contributed by atoms with E-state index in [4.69, 9.17) is 0 Å². The van der Waals surface area contributed by atoms with Crippen molar-refractivity contribution in [1.29, 1.82) is 0 Å². The normalized spacial score (nSPS) is 16.1. The number of rotatable bonds is 4.